The summed E-state index contributed by atoms with van der Waals surface area (Å²) in [5, 5.41) is 0. The molecule has 0 fully saturated rings. The molecule has 6 N–H and O–H groups in total. The molecule has 0 radical (unpaired) electrons. The molecule has 0 aliphatic rings. The van der Waals surface area contributed by atoms with Gasteiger partial charge >= 0.3 is 0 Å². The first kappa shape index (κ1) is 14.0. The number of aryl methyl sites for hydroxylation is 1. The quantitative estimate of drug-likeness (QED) is 0.534. The molecular formula is C13H21N5. The molecule has 1 aromatic rings. The molecule has 0 saturated carbocycles. The lowest BCUT2D eigenvalue weighted by molar-refractivity contribution is 0.597. The van der Waals surface area contributed by atoms with Crippen LogP contribution in [0.1, 0.15) is 25.3 Å². The molecule has 1 atom stereocenters. The smallest absolute Gasteiger partial charge is 0.218 e. The van der Waals surface area contributed by atoms with E-state index >= 15 is 0 Å². The van der Waals surface area contributed by atoms with E-state index in [9.17, 15) is 0 Å². The molecular weight excluding hydrogens is 226 g/mol. The van der Waals surface area contributed by atoms with Crippen LogP contribution in [0.15, 0.2) is 40.3 Å². The predicted octanol–water partition coefficient (Wildman–Crippen LogP) is 0.986. The molecule has 1 rings (SSSR count). The van der Waals surface area contributed by atoms with Crippen molar-refractivity contribution in [2.45, 2.75) is 32.2 Å². The van der Waals surface area contributed by atoms with E-state index in [2.05, 4.69) is 29.0 Å². The molecule has 0 unspecified atom stereocenters. The minimum atomic E-state index is -0.0610. The summed E-state index contributed by atoms with van der Waals surface area (Å²) in [5.41, 5.74) is 17.4. The van der Waals surface area contributed by atoms with Crippen LogP contribution in [0.4, 0.5) is 0 Å². The topological polar surface area (TPSA) is 103 Å². The third-order valence-corrected chi connectivity index (χ3v) is 2.64. The third kappa shape index (κ3) is 5.34. The summed E-state index contributed by atoms with van der Waals surface area (Å²) in [6.07, 6.45) is 2.81. The minimum absolute atomic E-state index is 0.0610. The Morgan fingerprint density at radius 1 is 1.17 bits per heavy atom. The van der Waals surface area contributed by atoms with Gasteiger partial charge in [0.2, 0.25) is 5.96 Å². The van der Waals surface area contributed by atoms with Crippen molar-refractivity contribution in [3.05, 3.63) is 35.9 Å². The summed E-state index contributed by atoms with van der Waals surface area (Å²) in [4.78, 5) is 8.02. The van der Waals surface area contributed by atoms with Crippen molar-refractivity contribution in [1.29, 1.82) is 0 Å². The summed E-state index contributed by atoms with van der Waals surface area (Å²) >= 11 is 0. The van der Waals surface area contributed by atoms with Crippen molar-refractivity contribution in [2.75, 3.05) is 0 Å². The lowest BCUT2D eigenvalue weighted by Crippen LogP contribution is -2.27. The minimum Gasteiger partial charge on any atom is -0.370 e. The fourth-order valence-corrected chi connectivity index (χ4v) is 1.69. The zero-order chi connectivity index (χ0) is 13.4. The van der Waals surface area contributed by atoms with Gasteiger partial charge < -0.3 is 17.2 Å². The summed E-state index contributed by atoms with van der Waals surface area (Å²) in [5.74, 6) is 0.0871. The lowest BCUT2D eigenvalue weighted by atomic mass is 10.0. The van der Waals surface area contributed by atoms with Crippen LogP contribution in [-0.2, 0) is 6.42 Å². The number of aliphatic imine (C=N–C) groups is 2. The first-order chi connectivity index (χ1) is 8.61. The van der Waals surface area contributed by atoms with E-state index in [1.807, 2.05) is 18.2 Å². The predicted molar refractivity (Wildman–Crippen MR) is 76.3 cm³/mol. The molecule has 0 spiro atoms. The van der Waals surface area contributed by atoms with E-state index in [0.29, 0.717) is 0 Å². The standard InChI is InChI=1S/C13H21N5/c1-2-11(17-13(16)18-12(14)15)9-8-10-6-4-3-5-7-10/h3-7,11H,2,8-9H2,1H3,(H6,14,15,16,17,18)/t11-/m1/s1. The number of hydrogen-bond acceptors (Lipinski definition) is 1. The van der Waals surface area contributed by atoms with E-state index in [4.69, 9.17) is 17.2 Å². The Morgan fingerprint density at radius 2 is 1.83 bits per heavy atom. The highest BCUT2D eigenvalue weighted by atomic mass is 15.1. The Balaban J connectivity index is 2.55. The van der Waals surface area contributed by atoms with Gasteiger partial charge in [-0.15, -0.1) is 0 Å². The highest BCUT2D eigenvalue weighted by Gasteiger charge is 2.05. The Kier molecular flexibility index (Phi) is 5.70. The van der Waals surface area contributed by atoms with Gasteiger partial charge in [0.05, 0.1) is 6.04 Å². The van der Waals surface area contributed by atoms with Crippen LogP contribution in [0.25, 0.3) is 0 Å². The largest absolute Gasteiger partial charge is 0.370 e. The van der Waals surface area contributed by atoms with Crippen molar-refractivity contribution in [1.82, 2.24) is 0 Å². The fraction of sp³-hybridized carbons (Fsp3) is 0.385. The summed E-state index contributed by atoms with van der Waals surface area (Å²) in [6, 6.07) is 10.4. The molecule has 0 aromatic heterocycles. The van der Waals surface area contributed by atoms with Crippen molar-refractivity contribution in [2.24, 2.45) is 27.2 Å². The zero-order valence-corrected chi connectivity index (χ0v) is 10.7. The van der Waals surface area contributed by atoms with Crippen LogP contribution < -0.4 is 17.2 Å². The highest BCUT2D eigenvalue weighted by Crippen LogP contribution is 2.10. The first-order valence-electron chi connectivity index (χ1n) is 6.08. The van der Waals surface area contributed by atoms with Gasteiger partial charge in [-0.2, -0.15) is 4.99 Å². The number of nitrogens with zero attached hydrogens (tertiary/aromatic N) is 2. The molecule has 0 amide bonds. The number of rotatable bonds is 5. The van der Waals surface area contributed by atoms with Gasteiger partial charge in [0, 0.05) is 0 Å². The van der Waals surface area contributed by atoms with Gasteiger partial charge in [-0.05, 0) is 24.8 Å². The number of guanidine groups is 2. The molecule has 18 heavy (non-hydrogen) atoms. The molecule has 0 aliphatic heterocycles. The maximum Gasteiger partial charge on any atom is 0.218 e. The molecule has 0 heterocycles. The van der Waals surface area contributed by atoms with Crippen LogP contribution in [0.2, 0.25) is 0 Å². The van der Waals surface area contributed by atoms with Gasteiger partial charge in [0.1, 0.15) is 0 Å². The van der Waals surface area contributed by atoms with Gasteiger partial charge in [-0.25, -0.2) is 4.99 Å². The van der Waals surface area contributed by atoms with Crippen LogP contribution in [0.5, 0.6) is 0 Å². The van der Waals surface area contributed by atoms with Gasteiger partial charge in [0.25, 0.3) is 0 Å². The van der Waals surface area contributed by atoms with Gasteiger partial charge in [0.15, 0.2) is 5.96 Å². The van der Waals surface area contributed by atoms with E-state index in [1.165, 1.54) is 5.56 Å². The van der Waals surface area contributed by atoms with Crippen molar-refractivity contribution >= 4 is 11.9 Å². The fourth-order valence-electron chi connectivity index (χ4n) is 1.69. The number of hydrogen-bond donors (Lipinski definition) is 3. The van der Waals surface area contributed by atoms with E-state index in [0.717, 1.165) is 19.3 Å². The average Bonchev–Trinajstić information content (AvgIpc) is 2.34. The normalized spacial score (nSPS) is 13.1. The van der Waals surface area contributed by atoms with Gasteiger partial charge in [-0.1, -0.05) is 37.3 Å². The first-order valence-corrected chi connectivity index (χ1v) is 6.08. The lowest BCUT2D eigenvalue weighted by Gasteiger charge is -2.10. The molecule has 0 bridgehead atoms. The zero-order valence-electron chi connectivity index (χ0n) is 10.7. The van der Waals surface area contributed by atoms with E-state index < -0.39 is 0 Å². The Morgan fingerprint density at radius 3 is 2.39 bits per heavy atom. The molecule has 98 valence electrons. The van der Waals surface area contributed by atoms with Crippen molar-refractivity contribution in [3.63, 3.8) is 0 Å². The van der Waals surface area contributed by atoms with Gasteiger partial charge in [-0.3, -0.25) is 0 Å². The van der Waals surface area contributed by atoms with Crippen LogP contribution in [0.3, 0.4) is 0 Å². The third-order valence-electron chi connectivity index (χ3n) is 2.64. The maximum absolute atomic E-state index is 5.62. The second kappa shape index (κ2) is 7.32. The van der Waals surface area contributed by atoms with E-state index in [1.54, 1.807) is 0 Å². The molecule has 0 aliphatic carbocycles. The summed E-state index contributed by atoms with van der Waals surface area (Å²) in [6.45, 7) is 2.07. The molecule has 1 aromatic carbocycles. The Labute approximate surface area is 108 Å². The monoisotopic (exact) mass is 247 g/mol. The van der Waals surface area contributed by atoms with E-state index in [-0.39, 0.29) is 18.0 Å². The Bertz CT molecular complexity index is 407. The van der Waals surface area contributed by atoms with Crippen molar-refractivity contribution in [3.8, 4) is 0 Å². The number of nitrogens with two attached hydrogens (primary N) is 3. The Hall–Kier alpha value is -2.04. The summed E-state index contributed by atoms with van der Waals surface area (Å²) in [7, 11) is 0. The second-order valence-corrected chi connectivity index (χ2v) is 4.11. The van der Waals surface area contributed by atoms with Crippen LogP contribution >= 0.6 is 0 Å². The SMILES string of the molecule is CC[C@H](CCc1ccccc1)N=C(N)N=C(N)N. The van der Waals surface area contributed by atoms with Crippen LogP contribution in [0, 0.1) is 0 Å². The number of benzene rings is 1. The van der Waals surface area contributed by atoms with Crippen LogP contribution in [-0.4, -0.2) is 18.0 Å². The molecule has 5 heteroatoms. The summed E-state index contributed by atoms with van der Waals surface area (Å²) < 4.78 is 0. The molecule has 0 saturated heterocycles. The highest BCUT2D eigenvalue weighted by molar-refractivity contribution is 5.92. The average molecular weight is 247 g/mol. The molecule has 5 nitrogen and oxygen atoms in total. The second-order valence-electron chi connectivity index (χ2n) is 4.11. The maximum atomic E-state index is 5.62. The van der Waals surface area contributed by atoms with Crippen molar-refractivity contribution < 1.29 is 0 Å².